The van der Waals surface area contributed by atoms with Gasteiger partial charge in [-0.25, -0.2) is 4.39 Å². The molecule has 106 valence electrons. The summed E-state index contributed by atoms with van der Waals surface area (Å²) in [5.41, 5.74) is 3.81. The van der Waals surface area contributed by atoms with E-state index in [4.69, 9.17) is 5.73 Å². The Morgan fingerprint density at radius 2 is 2.15 bits per heavy atom. The maximum Gasteiger partial charge on any atom is 0.243 e. The lowest BCUT2D eigenvalue weighted by Crippen LogP contribution is -2.68. The molecule has 1 saturated carbocycles. The van der Waals surface area contributed by atoms with Gasteiger partial charge in [0.05, 0.1) is 5.41 Å². The number of hydrogen-bond donors (Lipinski definition) is 4. The van der Waals surface area contributed by atoms with Crippen molar-refractivity contribution in [2.75, 3.05) is 0 Å². The molecule has 20 heavy (non-hydrogen) atoms. The fraction of sp³-hybridized carbons (Fsp3) is 0.385. The Morgan fingerprint density at radius 3 is 2.65 bits per heavy atom. The summed E-state index contributed by atoms with van der Waals surface area (Å²) in [5, 5.41) is 14.4. The summed E-state index contributed by atoms with van der Waals surface area (Å²) in [6.07, 6.45) is -0.940. The van der Waals surface area contributed by atoms with Crippen LogP contribution in [-0.4, -0.2) is 28.8 Å². The predicted octanol–water partition coefficient (Wildman–Crippen LogP) is -0.923. The van der Waals surface area contributed by atoms with Crippen molar-refractivity contribution in [3.63, 3.8) is 0 Å². The van der Waals surface area contributed by atoms with E-state index in [1.54, 1.807) is 6.07 Å². The van der Waals surface area contributed by atoms with E-state index >= 15 is 0 Å². The molecule has 1 unspecified atom stereocenters. The Hall–Kier alpha value is -1.99. The number of carbonyl (C=O) groups is 2. The van der Waals surface area contributed by atoms with Crippen LogP contribution in [-0.2, 0) is 15.0 Å². The zero-order valence-electron chi connectivity index (χ0n) is 10.5. The smallest absolute Gasteiger partial charge is 0.243 e. The van der Waals surface area contributed by atoms with E-state index in [0.717, 1.165) is 0 Å². The molecule has 1 atom stereocenters. The van der Waals surface area contributed by atoms with Crippen LogP contribution >= 0.6 is 0 Å². The minimum absolute atomic E-state index is 0.0989. The highest BCUT2D eigenvalue weighted by Crippen LogP contribution is 2.51. The lowest BCUT2D eigenvalue weighted by Gasteiger charge is -2.51. The molecule has 1 aromatic carbocycles. The van der Waals surface area contributed by atoms with Crippen molar-refractivity contribution in [3.05, 3.63) is 35.6 Å². The van der Waals surface area contributed by atoms with Gasteiger partial charge in [-0.15, -0.1) is 0 Å². The summed E-state index contributed by atoms with van der Waals surface area (Å²) in [6.45, 7) is 0. The van der Waals surface area contributed by atoms with Gasteiger partial charge < -0.3 is 16.2 Å². The molecule has 0 aromatic heterocycles. The zero-order chi connectivity index (χ0) is 14.5. The number of amides is 2. The number of nitrogens with two attached hydrogens (primary N) is 1. The Bertz CT molecular complexity index is 598. The molecular formula is C13H14FN3O3. The molecule has 1 saturated heterocycles. The van der Waals surface area contributed by atoms with Crippen LogP contribution in [0, 0.1) is 5.82 Å². The molecule has 1 aliphatic carbocycles. The maximum absolute atomic E-state index is 13.3. The van der Waals surface area contributed by atoms with E-state index in [0.29, 0.717) is 5.56 Å². The Morgan fingerprint density at radius 1 is 1.45 bits per heavy atom. The number of aliphatic hydroxyl groups is 1. The molecule has 3 rings (SSSR count). The van der Waals surface area contributed by atoms with Crippen molar-refractivity contribution in [2.45, 2.75) is 30.1 Å². The van der Waals surface area contributed by atoms with Crippen molar-refractivity contribution in [1.82, 2.24) is 10.6 Å². The first-order valence-electron chi connectivity index (χ1n) is 6.21. The van der Waals surface area contributed by atoms with Crippen LogP contribution < -0.4 is 16.4 Å². The molecule has 2 aliphatic rings. The molecular weight excluding hydrogens is 265 g/mol. The number of nitrogens with one attached hydrogen (secondary N) is 2. The predicted molar refractivity (Wildman–Crippen MR) is 66.5 cm³/mol. The van der Waals surface area contributed by atoms with Gasteiger partial charge in [0.2, 0.25) is 11.8 Å². The number of carbonyl (C=O) groups excluding carboxylic acids is 2. The highest BCUT2D eigenvalue weighted by molar-refractivity contribution is 5.97. The quantitative estimate of drug-likeness (QED) is 0.562. The van der Waals surface area contributed by atoms with E-state index in [2.05, 4.69) is 10.6 Å². The van der Waals surface area contributed by atoms with Gasteiger partial charge in [-0.2, -0.15) is 0 Å². The van der Waals surface area contributed by atoms with Gasteiger partial charge in [-0.3, -0.25) is 14.9 Å². The van der Waals surface area contributed by atoms with Crippen molar-refractivity contribution >= 4 is 11.8 Å². The second-order valence-corrected chi connectivity index (χ2v) is 5.41. The number of rotatable bonds is 2. The third-order valence-electron chi connectivity index (χ3n) is 4.17. The van der Waals surface area contributed by atoms with Crippen molar-refractivity contribution in [3.8, 4) is 0 Å². The molecule has 1 aromatic rings. The monoisotopic (exact) mass is 279 g/mol. The molecule has 2 fully saturated rings. The lowest BCUT2D eigenvalue weighted by molar-refractivity contribution is -0.137. The summed E-state index contributed by atoms with van der Waals surface area (Å²) in [4.78, 5) is 23.7. The van der Waals surface area contributed by atoms with E-state index in [1.165, 1.54) is 18.2 Å². The van der Waals surface area contributed by atoms with Gasteiger partial charge in [-0.1, -0.05) is 12.1 Å². The third kappa shape index (κ3) is 1.63. The van der Waals surface area contributed by atoms with Crippen molar-refractivity contribution in [1.29, 1.82) is 0 Å². The Kier molecular flexibility index (Phi) is 2.60. The molecule has 1 heterocycles. The number of hydrogen-bond acceptors (Lipinski definition) is 4. The second-order valence-electron chi connectivity index (χ2n) is 5.41. The summed E-state index contributed by atoms with van der Waals surface area (Å²) in [5.74, 6) is -1.45. The molecule has 1 aliphatic heterocycles. The molecule has 0 radical (unpaired) electrons. The molecule has 0 bridgehead atoms. The standard InChI is InChI=1S/C13H14FN3O3/c14-8-3-1-2-7(4-8)12(9(15)18)5-13(6-12)10(19)16-11(20)17-13/h1-4,11,17,20H,5-6H2,(H2,15,18)(H,16,19). The van der Waals surface area contributed by atoms with E-state index in [9.17, 15) is 19.1 Å². The lowest BCUT2D eigenvalue weighted by atomic mass is 9.54. The SMILES string of the molecule is NC(=O)C1(c2cccc(F)c2)CC2(C1)NC(O)NC2=O. The van der Waals surface area contributed by atoms with E-state index < -0.39 is 29.0 Å². The summed E-state index contributed by atoms with van der Waals surface area (Å²) in [6, 6.07) is 5.64. The third-order valence-corrected chi connectivity index (χ3v) is 4.17. The normalized spacial score (nSPS) is 35.7. The van der Waals surface area contributed by atoms with Crippen molar-refractivity contribution < 1.29 is 19.1 Å². The Balaban J connectivity index is 1.95. The molecule has 1 spiro atoms. The average Bonchev–Trinajstić information content (AvgIpc) is 2.61. The van der Waals surface area contributed by atoms with Crippen LogP contribution in [0.15, 0.2) is 24.3 Å². The van der Waals surface area contributed by atoms with Crippen LogP contribution in [0.4, 0.5) is 4.39 Å². The van der Waals surface area contributed by atoms with E-state index in [-0.39, 0.29) is 18.7 Å². The van der Waals surface area contributed by atoms with Crippen LogP contribution in [0.3, 0.4) is 0 Å². The second kappa shape index (κ2) is 4.00. The van der Waals surface area contributed by atoms with Crippen molar-refractivity contribution in [2.24, 2.45) is 5.73 Å². The first-order chi connectivity index (χ1) is 9.38. The number of benzene rings is 1. The van der Waals surface area contributed by atoms with Gasteiger partial charge in [0.15, 0.2) is 6.35 Å². The first-order valence-corrected chi connectivity index (χ1v) is 6.21. The van der Waals surface area contributed by atoms with Crippen LogP contribution in [0.2, 0.25) is 0 Å². The van der Waals surface area contributed by atoms with Gasteiger partial charge in [0.25, 0.3) is 0 Å². The largest absolute Gasteiger partial charge is 0.369 e. The summed E-state index contributed by atoms with van der Waals surface area (Å²) in [7, 11) is 0. The molecule has 7 heteroatoms. The van der Waals surface area contributed by atoms with Crippen LogP contribution in [0.5, 0.6) is 0 Å². The average molecular weight is 279 g/mol. The number of halogens is 1. The maximum atomic E-state index is 13.3. The highest BCUT2D eigenvalue weighted by atomic mass is 19.1. The summed E-state index contributed by atoms with van der Waals surface area (Å²) >= 11 is 0. The van der Waals surface area contributed by atoms with Gasteiger partial charge >= 0.3 is 0 Å². The first kappa shape index (κ1) is 13.0. The van der Waals surface area contributed by atoms with E-state index in [1.807, 2.05) is 0 Å². The molecule has 5 N–H and O–H groups in total. The topological polar surface area (TPSA) is 104 Å². The van der Waals surface area contributed by atoms with Crippen LogP contribution in [0.25, 0.3) is 0 Å². The molecule has 2 amide bonds. The highest BCUT2D eigenvalue weighted by Gasteiger charge is 2.65. The number of primary amides is 1. The molecule has 6 nitrogen and oxygen atoms in total. The minimum Gasteiger partial charge on any atom is -0.369 e. The van der Waals surface area contributed by atoms with Crippen LogP contribution in [0.1, 0.15) is 18.4 Å². The van der Waals surface area contributed by atoms with Gasteiger partial charge in [0.1, 0.15) is 11.4 Å². The van der Waals surface area contributed by atoms with Gasteiger partial charge in [0, 0.05) is 0 Å². The van der Waals surface area contributed by atoms with Gasteiger partial charge in [-0.05, 0) is 30.5 Å². The fourth-order valence-corrected chi connectivity index (χ4v) is 3.17. The Labute approximate surface area is 114 Å². The zero-order valence-corrected chi connectivity index (χ0v) is 10.5. The number of aliphatic hydroxyl groups excluding tert-OH is 1. The fourth-order valence-electron chi connectivity index (χ4n) is 3.17. The minimum atomic E-state index is -1.14. The summed E-state index contributed by atoms with van der Waals surface area (Å²) < 4.78 is 13.3.